The molecule has 2 rings (SSSR count). The second-order valence-corrected chi connectivity index (χ2v) is 9.28. The van der Waals surface area contributed by atoms with E-state index in [4.69, 9.17) is 0 Å². The quantitative estimate of drug-likeness (QED) is 0.822. The van der Waals surface area contributed by atoms with Gasteiger partial charge in [0.05, 0.1) is 10.5 Å². The number of aromatic nitrogens is 2. The van der Waals surface area contributed by atoms with Crippen molar-refractivity contribution in [1.29, 1.82) is 0 Å². The Morgan fingerprint density at radius 3 is 2.48 bits per heavy atom. The van der Waals surface area contributed by atoms with Crippen molar-refractivity contribution in [2.75, 3.05) is 18.8 Å². The summed E-state index contributed by atoms with van der Waals surface area (Å²) in [7, 11) is -1.33. The van der Waals surface area contributed by atoms with Crippen molar-refractivity contribution >= 4 is 15.7 Å². The van der Waals surface area contributed by atoms with Gasteiger partial charge in [0.15, 0.2) is 15.5 Å². The lowest BCUT2D eigenvalue weighted by atomic mass is 10.1. The molecule has 0 aromatic carbocycles. The summed E-state index contributed by atoms with van der Waals surface area (Å²) in [6.45, 7) is 7.86. The number of sulfone groups is 1. The zero-order valence-corrected chi connectivity index (χ0v) is 14.1. The van der Waals surface area contributed by atoms with E-state index in [2.05, 4.69) is 5.10 Å². The first-order valence-electron chi connectivity index (χ1n) is 7.11. The predicted octanol–water partition coefficient (Wildman–Crippen LogP) is 1.19. The molecule has 21 heavy (non-hydrogen) atoms. The minimum Gasteiger partial charge on any atom is -0.335 e. The fourth-order valence-electron chi connectivity index (χ4n) is 2.61. The molecule has 1 aliphatic heterocycles. The van der Waals surface area contributed by atoms with E-state index in [0.717, 1.165) is 5.69 Å². The number of hydrogen-bond donors (Lipinski definition) is 0. The Morgan fingerprint density at radius 2 is 2.00 bits per heavy atom. The van der Waals surface area contributed by atoms with Crippen molar-refractivity contribution in [1.82, 2.24) is 14.7 Å². The highest BCUT2D eigenvalue weighted by molar-refractivity contribution is 7.92. The SMILES string of the molecule is CC(C)c1cc(C(=O)N2CCS(=O)(=O)C(C)(C)C2)nn1C. The molecular weight excluding hydrogens is 290 g/mol. The van der Waals surface area contributed by atoms with Gasteiger partial charge in [-0.2, -0.15) is 5.10 Å². The van der Waals surface area contributed by atoms with E-state index < -0.39 is 14.6 Å². The van der Waals surface area contributed by atoms with Crippen LogP contribution in [0.4, 0.5) is 0 Å². The minimum absolute atomic E-state index is 0.00953. The molecule has 118 valence electrons. The summed E-state index contributed by atoms with van der Waals surface area (Å²) in [4.78, 5) is 14.1. The Hall–Kier alpha value is -1.37. The third-order valence-electron chi connectivity index (χ3n) is 4.06. The molecule has 0 atom stereocenters. The maximum Gasteiger partial charge on any atom is 0.274 e. The number of carbonyl (C=O) groups is 1. The van der Waals surface area contributed by atoms with Gasteiger partial charge in [0.25, 0.3) is 5.91 Å². The second kappa shape index (κ2) is 5.12. The number of rotatable bonds is 2. The highest BCUT2D eigenvalue weighted by Gasteiger charge is 2.42. The first-order chi connectivity index (χ1) is 9.55. The number of amides is 1. The summed E-state index contributed by atoms with van der Waals surface area (Å²) in [5.41, 5.74) is 1.37. The molecule has 0 N–H and O–H groups in total. The summed E-state index contributed by atoms with van der Waals surface area (Å²) < 4.78 is 24.8. The van der Waals surface area contributed by atoms with Gasteiger partial charge in [0.1, 0.15) is 0 Å². The van der Waals surface area contributed by atoms with Crippen LogP contribution in [0.5, 0.6) is 0 Å². The molecular formula is C14H23N3O3S. The smallest absolute Gasteiger partial charge is 0.274 e. The van der Waals surface area contributed by atoms with Crippen LogP contribution in [-0.4, -0.2) is 52.6 Å². The van der Waals surface area contributed by atoms with Crippen LogP contribution in [0.15, 0.2) is 6.07 Å². The summed E-state index contributed by atoms with van der Waals surface area (Å²) in [5.74, 6) is 0.0954. The van der Waals surface area contributed by atoms with Gasteiger partial charge in [0.2, 0.25) is 0 Å². The molecule has 1 fully saturated rings. The van der Waals surface area contributed by atoms with E-state index in [1.807, 2.05) is 20.9 Å². The van der Waals surface area contributed by atoms with Gasteiger partial charge < -0.3 is 4.90 Å². The van der Waals surface area contributed by atoms with Gasteiger partial charge in [-0.15, -0.1) is 0 Å². The number of nitrogens with zero attached hydrogens (tertiary/aromatic N) is 3. The average Bonchev–Trinajstić information content (AvgIpc) is 2.74. The second-order valence-electron chi connectivity index (χ2n) is 6.54. The van der Waals surface area contributed by atoms with E-state index in [1.54, 1.807) is 29.5 Å². The number of aryl methyl sites for hydroxylation is 1. The molecule has 7 heteroatoms. The normalized spacial score (nSPS) is 20.8. The zero-order valence-electron chi connectivity index (χ0n) is 13.3. The molecule has 1 aromatic rings. The summed E-state index contributed by atoms with van der Waals surface area (Å²) in [6.07, 6.45) is 0. The fourth-order valence-corrected chi connectivity index (χ4v) is 3.97. The molecule has 1 amide bonds. The Kier molecular flexibility index (Phi) is 3.90. The highest BCUT2D eigenvalue weighted by Crippen LogP contribution is 2.25. The van der Waals surface area contributed by atoms with Crippen LogP contribution >= 0.6 is 0 Å². The van der Waals surface area contributed by atoms with Crippen molar-refractivity contribution in [2.45, 2.75) is 38.4 Å². The molecule has 0 radical (unpaired) electrons. The molecule has 0 unspecified atom stereocenters. The summed E-state index contributed by atoms with van der Waals surface area (Å²) in [6, 6.07) is 1.79. The fraction of sp³-hybridized carbons (Fsp3) is 0.714. The van der Waals surface area contributed by atoms with Crippen molar-refractivity contribution in [3.8, 4) is 0 Å². The number of carbonyl (C=O) groups excluding carboxylic acids is 1. The molecule has 0 spiro atoms. The Labute approximate surface area is 126 Å². The van der Waals surface area contributed by atoms with E-state index in [1.165, 1.54) is 0 Å². The monoisotopic (exact) mass is 313 g/mol. The summed E-state index contributed by atoms with van der Waals surface area (Å²) in [5, 5.41) is 4.27. The Balaban J connectivity index is 2.24. The lowest BCUT2D eigenvalue weighted by Gasteiger charge is -2.37. The van der Waals surface area contributed by atoms with Crippen LogP contribution in [0, 0.1) is 0 Å². The maximum absolute atomic E-state index is 12.5. The molecule has 0 saturated carbocycles. The van der Waals surface area contributed by atoms with Crippen LogP contribution in [0.25, 0.3) is 0 Å². The Bertz CT molecular complexity index is 659. The highest BCUT2D eigenvalue weighted by atomic mass is 32.2. The zero-order chi connectivity index (χ0) is 16.0. The average molecular weight is 313 g/mol. The van der Waals surface area contributed by atoms with E-state index >= 15 is 0 Å². The molecule has 0 aliphatic carbocycles. The first kappa shape index (κ1) is 16.0. The molecule has 1 saturated heterocycles. The van der Waals surface area contributed by atoms with Gasteiger partial charge in [0, 0.05) is 25.8 Å². The van der Waals surface area contributed by atoms with Crippen molar-refractivity contribution in [3.05, 3.63) is 17.5 Å². The largest absolute Gasteiger partial charge is 0.335 e. The minimum atomic E-state index is -3.15. The molecule has 2 heterocycles. The van der Waals surface area contributed by atoms with Gasteiger partial charge in [-0.25, -0.2) is 8.42 Å². The molecule has 0 bridgehead atoms. The first-order valence-corrected chi connectivity index (χ1v) is 8.76. The van der Waals surface area contributed by atoms with Gasteiger partial charge in [-0.1, -0.05) is 13.8 Å². The Morgan fingerprint density at radius 1 is 1.38 bits per heavy atom. The van der Waals surface area contributed by atoms with Gasteiger partial charge in [-0.3, -0.25) is 9.48 Å². The lowest BCUT2D eigenvalue weighted by Crippen LogP contribution is -2.54. The van der Waals surface area contributed by atoms with Crippen LogP contribution in [0.2, 0.25) is 0 Å². The van der Waals surface area contributed by atoms with Crippen LogP contribution in [0.1, 0.15) is 49.8 Å². The summed E-state index contributed by atoms with van der Waals surface area (Å²) >= 11 is 0. The van der Waals surface area contributed by atoms with Crippen molar-refractivity contribution < 1.29 is 13.2 Å². The molecule has 6 nitrogen and oxygen atoms in total. The standard InChI is InChI=1S/C14H23N3O3S/c1-10(2)12-8-11(15-16(12)5)13(18)17-6-7-21(19,20)14(3,4)9-17/h8,10H,6-7,9H2,1-5H3. The number of hydrogen-bond acceptors (Lipinski definition) is 4. The van der Waals surface area contributed by atoms with E-state index in [-0.39, 0.29) is 30.7 Å². The lowest BCUT2D eigenvalue weighted by molar-refractivity contribution is 0.0737. The topological polar surface area (TPSA) is 72.3 Å². The molecule has 1 aliphatic rings. The predicted molar refractivity (Wildman–Crippen MR) is 81.1 cm³/mol. The van der Waals surface area contributed by atoms with E-state index in [9.17, 15) is 13.2 Å². The van der Waals surface area contributed by atoms with Gasteiger partial charge in [-0.05, 0) is 25.8 Å². The van der Waals surface area contributed by atoms with Crippen molar-refractivity contribution in [2.24, 2.45) is 7.05 Å². The van der Waals surface area contributed by atoms with Crippen LogP contribution in [-0.2, 0) is 16.9 Å². The third kappa shape index (κ3) is 2.84. The third-order valence-corrected chi connectivity index (χ3v) is 6.59. The van der Waals surface area contributed by atoms with Crippen molar-refractivity contribution in [3.63, 3.8) is 0 Å². The van der Waals surface area contributed by atoms with Crippen LogP contribution in [0.3, 0.4) is 0 Å². The maximum atomic E-state index is 12.5. The van der Waals surface area contributed by atoms with E-state index in [0.29, 0.717) is 5.69 Å². The molecule has 1 aromatic heterocycles. The van der Waals surface area contributed by atoms with Gasteiger partial charge >= 0.3 is 0 Å². The van der Waals surface area contributed by atoms with Crippen LogP contribution < -0.4 is 0 Å².